The number of rotatable bonds is 4. The number of fused-ring (bicyclic) bond motifs is 1. The van der Waals surface area contributed by atoms with Gasteiger partial charge in [0.1, 0.15) is 11.3 Å². The summed E-state index contributed by atoms with van der Waals surface area (Å²) in [6.07, 6.45) is 5.38. The molecule has 0 amide bonds. The number of hydrogen-bond donors (Lipinski definition) is 0. The Morgan fingerprint density at radius 1 is 1.35 bits per heavy atom. The summed E-state index contributed by atoms with van der Waals surface area (Å²) < 4.78 is 2.27. The summed E-state index contributed by atoms with van der Waals surface area (Å²) in [5.74, 6) is 1.40. The zero-order chi connectivity index (χ0) is 13.9. The van der Waals surface area contributed by atoms with Crippen LogP contribution in [0.5, 0.6) is 0 Å². The minimum Gasteiger partial charge on any atom is -0.308 e. The molecule has 2 aromatic heterocycles. The third-order valence-electron chi connectivity index (χ3n) is 4.10. The van der Waals surface area contributed by atoms with Crippen molar-refractivity contribution in [3.05, 3.63) is 24.2 Å². The topological polar surface area (TPSA) is 34.0 Å². The number of likely N-dealkylation sites (tertiary alicyclic amines) is 1. The van der Waals surface area contributed by atoms with Gasteiger partial charge in [-0.05, 0) is 37.9 Å². The lowest BCUT2D eigenvalue weighted by atomic mass is 10.0. The van der Waals surface area contributed by atoms with Crippen LogP contribution in [0.4, 0.5) is 0 Å². The fourth-order valence-electron chi connectivity index (χ4n) is 3.17. The Hall–Kier alpha value is -1.13. The molecule has 4 nitrogen and oxygen atoms in total. The average Bonchev–Trinajstić information content (AvgIpc) is 2.87. The van der Waals surface area contributed by atoms with E-state index in [4.69, 9.17) is 11.6 Å². The molecule has 0 spiro atoms. The van der Waals surface area contributed by atoms with Crippen LogP contribution in [0.3, 0.4) is 0 Å². The average molecular weight is 293 g/mol. The summed E-state index contributed by atoms with van der Waals surface area (Å²) >= 11 is 6.08. The van der Waals surface area contributed by atoms with Crippen molar-refractivity contribution in [2.75, 3.05) is 19.6 Å². The third-order valence-corrected chi connectivity index (χ3v) is 4.34. The van der Waals surface area contributed by atoms with E-state index in [1.807, 2.05) is 18.3 Å². The van der Waals surface area contributed by atoms with Crippen LogP contribution in [0, 0.1) is 0 Å². The summed E-state index contributed by atoms with van der Waals surface area (Å²) in [4.78, 5) is 11.7. The van der Waals surface area contributed by atoms with E-state index in [0.29, 0.717) is 11.9 Å². The van der Waals surface area contributed by atoms with E-state index in [-0.39, 0.29) is 0 Å². The highest BCUT2D eigenvalue weighted by Crippen LogP contribution is 2.28. The van der Waals surface area contributed by atoms with Crippen LogP contribution in [0.1, 0.15) is 38.1 Å². The molecule has 1 saturated heterocycles. The predicted octanol–water partition coefficient (Wildman–Crippen LogP) is 3.22. The van der Waals surface area contributed by atoms with E-state index in [0.717, 1.165) is 42.9 Å². The van der Waals surface area contributed by atoms with Crippen LogP contribution in [-0.4, -0.2) is 39.1 Å². The summed E-state index contributed by atoms with van der Waals surface area (Å²) in [7, 11) is 0. The molecule has 2 aromatic rings. The Bertz CT molecular complexity index is 572. The third kappa shape index (κ3) is 2.54. The molecule has 0 aliphatic carbocycles. The minimum absolute atomic E-state index is 0.450. The number of pyridine rings is 1. The van der Waals surface area contributed by atoms with E-state index >= 15 is 0 Å². The molecule has 1 fully saturated rings. The number of piperidine rings is 1. The summed E-state index contributed by atoms with van der Waals surface area (Å²) in [5.41, 5.74) is 1.94. The van der Waals surface area contributed by atoms with Gasteiger partial charge in [-0.25, -0.2) is 9.97 Å². The fourth-order valence-corrected chi connectivity index (χ4v) is 3.36. The van der Waals surface area contributed by atoms with Crippen molar-refractivity contribution >= 4 is 22.8 Å². The van der Waals surface area contributed by atoms with Crippen molar-refractivity contribution in [2.45, 2.75) is 38.1 Å². The van der Waals surface area contributed by atoms with Gasteiger partial charge in [0.15, 0.2) is 5.65 Å². The Morgan fingerprint density at radius 2 is 2.15 bits per heavy atom. The summed E-state index contributed by atoms with van der Waals surface area (Å²) in [6, 6.07) is 4.43. The molecule has 0 unspecified atom stereocenters. The van der Waals surface area contributed by atoms with Gasteiger partial charge in [-0.2, -0.15) is 0 Å². The second kappa shape index (κ2) is 6.10. The Kier molecular flexibility index (Phi) is 4.22. The standard InChI is InChI=1S/C15H21ClN4/c1-2-8-19-9-5-12(6-10-19)20-14(11-16)18-13-4-3-7-17-15(13)20/h3-4,7,12H,2,5-6,8-11H2,1H3. The maximum atomic E-state index is 6.08. The van der Waals surface area contributed by atoms with E-state index in [9.17, 15) is 0 Å². The first-order chi connectivity index (χ1) is 9.83. The molecule has 20 heavy (non-hydrogen) atoms. The molecule has 0 aromatic carbocycles. The van der Waals surface area contributed by atoms with Crippen LogP contribution < -0.4 is 0 Å². The van der Waals surface area contributed by atoms with E-state index < -0.39 is 0 Å². The number of nitrogens with zero attached hydrogens (tertiary/aromatic N) is 4. The molecule has 1 aliphatic heterocycles. The van der Waals surface area contributed by atoms with Crippen LogP contribution in [0.15, 0.2) is 18.3 Å². The molecule has 1 aliphatic rings. The van der Waals surface area contributed by atoms with Gasteiger partial charge in [-0.15, -0.1) is 11.6 Å². The molecule has 108 valence electrons. The lowest BCUT2D eigenvalue weighted by Gasteiger charge is -2.33. The van der Waals surface area contributed by atoms with Crippen molar-refractivity contribution in [1.82, 2.24) is 19.4 Å². The van der Waals surface area contributed by atoms with Crippen molar-refractivity contribution in [3.8, 4) is 0 Å². The number of imidazole rings is 1. The lowest BCUT2D eigenvalue weighted by molar-refractivity contribution is 0.187. The Labute approximate surface area is 124 Å². The molecular weight excluding hydrogens is 272 g/mol. The fraction of sp³-hybridized carbons (Fsp3) is 0.600. The second-order valence-electron chi connectivity index (χ2n) is 5.45. The lowest BCUT2D eigenvalue weighted by Crippen LogP contribution is -2.35. The first-order valence-electron chi connectivity index (χ1n) is 7.43. The highest BCUT2D eigenvalue weighted by Gasteiger charge is 2.24. The van der Waals surface area contributed by atoms with Gasteiger partial charge < -0.3 is 9.47 Å². The molecule has 5 heteroatoms. The Morgan fingerprint density at radius 3 is 2.85 bits per heavy atom. The van der Waals surface area contributed by atoms with Crippen LogP contribution in [0.2, 0.25) is 0 Å². The first-order valence-corrected chi connectivity index (χ1v) is 7.97. The van der Waals surface area contributed by atoms with E-state index in [1.165, 1.54) is 13.0 Å². The molecule has 3 heterocycles. The zero-order valence-electron chi connectivity index (χ0n) is 11.9. The number of hydrogen-bond acceptors (Lipinski definition) is 3. The zero-order valence-corrected chi connectivity index (χ0v) is 12.7. The van der Waals surface area contributed by atoms with Gasteiger partial charge in [0.05, 0.1) is 5.88 Å². The van der Waals surface area contributed by atoms with E-state index in [2.05, 4.69) is 26.4 Å². The van der Waals surface area contributed by atoms with Gasteiger partial charge in [0, 0.05) is 25.3 Å². The molecular formula is C15H21ClN4. The van der Waals surface area contributed by atoms with Gasteiger partial charge >= 0.3 is 0 Å². The van der Waals surface area contributed by atoms with Crippen molar-refractivity contribution < 1.29 is 0 Å². The quantitative estimate of drug-likeness (QED) is 0.812. The highest BCUT2D eigenvalue weighted by molar-refractivity contribution is 6.16. The van der Waals surface area contributed by atoms with Crippen LogP contribution in [0.25, 0.3) is 11.2 Å². The number of alkyl halides is 1. The Balaban J connectivity index is 1.87. The summed E-state index contributed by atoms with van der Waals surface area (Å²) in [5, 5.41) is 0. The second-order valence-corrected chi connectivity index (χ2v) is 5.72. The number of aromatic nitrogens is 3. The molecule has 0 saturated carbocycles. The molecule has 3 rings (SSSR count). The normalized spacial score (nSPS) is 17.9. The predicted molar refractivity (Wildman–Crippen MR) is 82.1 cm³/mol. The largest absolute Gasteiger partial charge is 0.308 e. The number of halogens is 1. The van der Waals surface area contributed by atoms with Gasteiger partial charge in [-0.1, -0.05) is 6.92 Å². The van der Waals surface area contributed by atoms with Gasteiger partial charge in [0.2, 0.25) is 0 Å². The molecule has 0 N–H and O–H groups in total. The smallest absolute Gasteiger partial charge is 0.160 e. The van der Waals surface area contributed by atoms with Gasteiger partial charge in [-0.3, -0.25) is 0 Å². The monoisotopic (exact) mass is 292 g/mol. The molecule has 0 radical (unpaired) electrons. The molecule has 0 atom stereocenters. The van der Waals surface area contributed by atoms with Crippen molar-refractivity contribution in [2.24, 2.45) is 0 Å². The van der Waals surface area contributed by atoms with Crippen LogP contribution in [-0.2, 0) is 5.88 Å². The van der Waals surface area contributed by atoms with Gasteiger partial charge in [0.25, 0.3) is 0 Å². The van der Waals surface area contributed by atoms with Crippen LogP contribution >= 0.6 is 11.6 Å². The first kappa shape index (κ1) is 13.8. The maximum absolute atomic E-state index is 6.08. The van der Waals surface area contributed by atoms with Crippen molar-refractivity contribution in [3.63, 3.8) is 0 Å². The molecule has 0 bridgehead atoms. The highest BCUT2D eigenvalue weighted by atomic mass is 35.5. The minimum atomic E-state index is 0.450. The SMILES string of the molecule is CCCN1CCC(n2c(CCl)nc3cccnc32)CC1. The summed E-state index contributed by atoms with van der Waals surface area (Å²) in [6.45, 7) is 5.77. The van der Waals surface area contributed by atoms with E-state index in [1.54, 1.807) is 0 Å². The van der Waals surface area contributed by atoms with Crippen molar-refractivity contribution in [1.29, 1.82) is 0 Å². The maximum Gasteiger partial charge on any atom is 0.160 e.